The molecule has 0 aromatic heterocycles. The molecule has 2 N–H and O–H groups in total. The van der Waals surface area contributed by atoms with Crippen LogP contribution in [0.4, 0.5) is 13.2 Å². The Morgan fingerprint density at radius 3 is 2.20 bits per heavy atom. The maximum Gasteiger partial charge on any atom is 0.417 e. The Labute approximate surface area is 92.8 Å². The molecular formula is C8H4Cl2F3NO. The van der Waals surface area contributed by atoms with E-state index < -0.39 is 28.2 Å². The molecule has 1 aromatic carbocycles. The standard InChI is InChI=1S/C8H4Cl2F3NO/c9-3-1-4(8(11,12)13)6(7(14)15)5(10)2-3/h1-2H,(H2,14,15). The van der Waals surface area contributed by atoms with E-state index in [0.29, 0.717) is 6.07 Å². The molecule has 1 amide bonds. The molecule has 0 atom stereocenters. The first kappa shape index (κ1) is 12.1. The Kier molecular flexibility index (Phi) is 3.16. The average Bonchev–Trinajstić information content (AvgIpc) is 1.99. The van der Waals surface area contributed by atoms with E-state index in [1.807, 2.05) is 0 Å². The maximum absolute atomic E-state index is 12.4. The van der Waals surface area contributed by atoms with E-state index in [1.165, 1.54) is 0 Å². The minimum Gasteiger partial charge on any atom is -0.366 e. The lowest BCUT2D eigenvalue weighted by atomic mass is 10.1. The molecule has 15 heavy (non-hydrogen) atoms. The van der Waals surface area contributed by atoms with Gasteiger partial charge in [0.1, 0.15) is 0 Å². The van der Waals surface area contributed by atoms with E-state index in [4.69, 9.17) is 28.9 Å². The van der Waals surface area contributed by atoms with Gasteiger partial charge in [0.25, 0.3) is 5.91 Å². The van der Waals surface area contributed by atoms with Crippen molar-refractivity contribution in [1.29, 1.82) is 0 Å². The smallest absolute Gasteiger partial charge is 0.366 e. The minimum absolute atomic E-state index is 0.211. The van der Waals surface area contributed by atoms with Gasteiger partial charge in [0.2, 0.25) is 0 Å². The summed E-state index contributed by atoms with van der Waals surface area (Å²) in [5, 5.41) is -0.625. The van der Waals surface area contributed by atoms with Crippen molar-refractivity contribution in [1.82, 2.24) is 0 Å². The highest BCUT2D eigenvalue weighted by Gasteiger charge is 2.36. The number of rotatable bonds is 1. The second-order valence-corrected chi connectivity index (χ2v) is 3.52. The molecule has 0 bridgehead atoms. The number of hydrogen-bond donors (Lipinski definition) is 1. The van der Waals surface area contributed by atoms with Crippen LogP contribution < -0.4 is 5.73 Å². The van der Waals surface area contributed by atoms with E-state index in [9.17, 15) is 18.0 Å². The van der Waals surface area contributed by atoms with Crippen LogP contribution in [0.15, 0.2) is 12.1 Å². The zero-order valence-corrected chi connectivity index (χ0v) is 8.54. The van der Waals surface area contributed by atoms with Gasteiger partial charge in [0.15, 0.2) is 0 Å². The summed E-state index contributed by atoms with van der Waals surface area (Å²) in [6.07, 6.45) is -4.72. The molecule has 0 unspecified atom stereocenters. The molecule has 0 aliphatic heterocycles. The van der Waals surface area contributed by atoms with E-state index in [0.717, 1.165) is 6.07 Å². The van der Waals surface area contributed by atoms with E-state index in [1.54, 1.807) is 0 Å². The molecule has 0 radical (unpaired) electrons. The van der Waals surface area contributed by atoms with Crippen LogP contribution in [-0.2, 0) is 6.18 Å². The van der Waals surface area contributed by atoms with Crippen molar-refractivity contribution in [3.05, 3.63) is 33.3 Å². The van der Waals surface area contributed by atoms with Crippen molar-refractivity contribution in [2.24, 2.45) is 5.73 Å². The number of amides is 1. The van der Waals surface area contributed by atoms with Crippen molar-refractivity contribution in [2.45, 2.75) is 6.18 Å². The topological polar surface area (TPSA) is 43.1 Å². The fraction of sp³-hybridized carbons (Fsp3) is 0.125. The van der Waals surface area contributed by atoms with Gasteiger partial charge >= 0.3 is 6.18 Å². The predicted octanol–water partition coefficient (Wildman–Crippen LogP) is 3.11. The van der Waals surface area contributed by atoms with Gasteiger partial charge in [0.05, 0.1) is 16.1 Å². The van der Waals surface area contributed by atoms with Crippen LogP contribution in [0, 0.1) is 0 Å². The maximum atomic E-state index is 12.4. The molecular weight excluding hydrogens is 254 g/mol. The van der Waals surface area contributed by atoms with Crippen molar-refractivity contribution in [3.63, 3.8) is 0 Å². The van der Waals surface area contributed by atoms with Gasteiger partial charge in [-0.2, -0.15) is 13.2 Å². The number of hydrogen-bond acceptors (Lipinski definition) is 1. The molecule has 0 aliphatic rings. The largest absolute Gasteiger partial charge is 0.417 e. The number of carbonyl (C=O) groups excluding carboxylic acids is 1. The summed E-state index contributed by atoms with van der Waals surface area (Å²) in [7, 11) is 0. The van der Waals surface area contributed by atoms with Crippen LogP contribution in [0.5, 0.6) is 0 Å². The quantitative estimate of drug-likeness (QED) is 0.826. The number of alkyl halides is 3. The molecule has 0 fully saturated rings. The number of halogens is 5. The Balaban J connectivity index is 3.54. The van der Waals surface area contributed by atoms with Crippen molar-refractivity contribution in [3.8, 4) is 0 Å². The predicted molar refractivity (Wildman–Crippen MR) is 50.0 cm³/mol. The molecule has 0 spiro atoms. The number of benzene rings is 1. The van der Waals surface area contributed by atoms with Crippen LogP contribution in [0.3, 0.4) is 0 Å². The van der Waals surface area contributed by atoms with Crippen LogP contribution in [0.2, 0.25) is 10.0 Å². The van der Waals surface area contributed by atoms with Crippen LogP contribution >= 0.6 is 23.2 Å². The molecule has 1 aromatic rings. The molecule has 1 rings (SSSR count). The Bertz CT molecular complexity index is 417. The summed E-state index contributed by atoms with van der Waals surface area (Å²) in [4.78, 5) is 10.8. The van der Waals surface area contributed by atoms with Crippen LogP contribution in [0.1, 0.15) is 15.9 Å². The number of carbonyl (C=O) groups is 1. The minimum atomic E-state index is -4.72. The van der Waals surface area contributed by atoms with E-state index >= 15 is 0 Å². The van der Waals surface area contributed by atoms with Crippen LogP contribution in [0.25, 0.3) is 0 Å². The lowest BCUT2D eigenvalue weighted by molar-refractivity contribution is -0.137. The SMILES string of the molecule is NC(=O)c1c(Cl)cc(Cl)cc1C(F)(F)F. The lowest BCUT2D eigenvalue weighted by Crippen LogP contribution is -2.19. The highest BCUT2D eigenvalue weighted by molar-refractivity contribution is 6.37. The molecule has 7 heteroatoms. The molecule has 0 saturated carbocycles. The summed E-state index contributed by atoms with van der Waals surface area (Å²) < 4.78 is 37.3. The van der Waals surface area contributed by atoms with Gasteiger partial charge in [-0.25, -0.2) is 0 Å². The lowest BCUT2D eigenvalue weighted by Gasteiger charge is -2.12. The average molecular weight is 258 g/mol. The third-order valence-electron chi connectivity index (χ3n) is 1.61. The molecule has 0 aliphatic carbocycles. The van der Waals surface area contributed by atoms with Crippen molar-refractivity contribution >= 4 is 29.1 Å². The van der Waals surface area contributed by atoms with E-state index in [2.05, 4.69) is 0 Å². The van der Waals surface area contributed by atoms with Gasteiger partial charge in [-0.3, -0.25) is 4.79 Å². The van der Waals surface area contributed by atoms with Crippen molar-refractivity contribution < 1.29 is 18.0 Å². The first-order chi connectivity index (χ1) is 6.73. The highest BCUT2D eigenvalue weighted by atomic mass is 35.5. The second-order valence-electron chi connectivity index (χ2n) is 2.67. The summed E-state index contributed by atoms with van der Waals surface area (Å²) in [6, 6.07) is 1.63. The zero-order valence-electron chi connectivity index (χ0n) is 7.03. The molecule has 2 nitrogen and oxygen atoms in total. The van der Waals surface area contributed by atoms with Gasteiger partial charge in [-0.1, -0.05) is 23.2 Å². The molecule has 0 heterocycles. The first-order valence-electron chi connectivity index (χ1n) is 3.59. The number of primary amides is 1. The first-order valence-corrected chi connectivity index (χ1v) is 4.35. The Hall–Kier alpha value is -0.940. The third kappa shape index (κ3) is 2.54. The molecule has 0 saturated heterocycles. The van der Waals surface area contributed by atoms with E-state index in [-0.39, 0.29) is 5.02 Å². The van der Waals surface area contributed by atoms with Crippen molar-refractivity contribution in [2.75, 3.05) is 0 Å². The summed E-state index contributed by atoms with van der Waals surface area (Å²) >= 11 is 10.8. The summed E-state index contributed by atoms with van der Waals surface area (Å²) in [6.45, 7) is 0. The fourth-order valence-corrected chi connectivity index (χ4v) is 1.63. The summed E-state index contributed by atoms with van der Waals surface area (Å²) in [5.74, 6) is -1.25. The van der Waals surface area contributed by atoms with Gasteiger partial charge in [-0.15, -0.1) is 0 Å². The second kappa shape index (κ2) is 3.90. The van der Waals surface area contributed by atoms with Gasteiger partial charge < -0.3 is 5.73 Å². The monoisotopic (exact) mass is 257 g/mol. The Morgan fingerprint density at radius 2 is 1.80 bits per heavy atom. The fourth-order valence-electron chi connectivity index (χ4n) is 1.05. The van der Waals surface area contributed by atoms with Gasteiger partial charge in [-0.05, 0) is 12.1 Å². The zero-order chi connectivity index (χ0) is 11.8. The normalized spacial score (nSPS) is 11.5. The number of nitrogens with two attached hydrogens (primary N) is 1. The highest BCUT2D eigenvalue weighted by Crippen LogP contribution is 2.36. The molecule has 82 valence electrons. The third-order valence-corrected chi connectivity index (χ3v) is 2.12. The summed E-state index contributed by atoms with van der Waals surface area (Å²) in [5.41, 5.74) is 2.80. The van der Waals surface area contributed by atoms with Gasteiger partial charge in [0, 0.05) is 5.02 Å². The Morgan fingerprint density at radius 1 is 1.27 bits per heavy atom. The van der Waals surface area contributed by atoms with Crippen LogP contribution in [-0.4, -0.2) is 5.91 Å².